The molecule has 3 heteroatoms. The highest BCUT2D eigenvalue weighted by Crippen LogP contribution is 2.04. The minimum absolute atomic E-state index is 0.120. The van der Waals surface area contributed by atoms with Crippen molar-refractivity contribution in [2.75, 3.05) is 19.6 Å². The fourth-order valence-electron chi connectivity index (χ4n) is 1.57. The first-order valence-electron chi connectivity index (χ1n) is 6.99. The van der Waals surface area contributed by atoms with Crippen molar-refractivity contribution >= 4 is 5.91 Å². The van der Waals surface area contributed by atoms with Crippen LogP contribution in [-0.4, -0.2) is 25.5 Å². The smallest absolute Gasteiger partial charge is 0.233 e. The molecule has 2 N–H and O–H groups in total. The van der Waals surface area contributed by atoms with Gasteiger partial charge in [-0.1, -0.05) is 40.5 Å². The molecule has 102 valence electrons. The molecule has 0 saturated heterocycles. The maximum absolute atomic E-state index is 11.4. The molecule has 0 heterocycles. The van der Waals surface area contributed by atoms with Crippen molar-refractivity contribution in [1.29, 1.82) is 0 Å². The lowest BCUT2D eigenvalue weighted by Gasteiger charge is -2.08. The second-order valence-corrected chi connectivity index (χ2v) is 5.60. The molecule has 17 heavy (non-hydrogen) atoms. The van der Waals surface area contributed by atoms with Gasteiger partial charge in [0.25, 0.3) is 0 Å². The quantitative estimate of drug-likeness (QED) is 0.578. The molecule has 1 amide bonds. The Balaban J connectivity index is 3.22. The van der Waals surface area contributed by atoms with Gasteiger partial charge >= 0.3 is 0 Å². The minimum Gasteiger partial charge on any atom is -0.355 e. The molecule has 0 aliphatic carbocycles. The highest BCUT2D eigenvalue weighted by Gasteiger charge is 2.00. The number of hydrogen-bond acceptors (Lipinski definition) is 2. The van der Waals surface area contributed by atoms with E-state index >= 15 is 0 Å². The molecule has 0 aromatic heterocycles. The number of amides is 1. The van der Waals surface area contributed by atoms with Crippen molar-refractivity contribution in [3.8, 4) is 0 Å². The molecule has 0 aliphatic heterocycles. The van der Waals surface area contributed by atoms with Crippen LogP contribution in [0, 0.1) is 11.8 Å². The van der Waals surface area contributed by atoms with Gasteiger partial charge in [-0.15, -0.1) is 0 Å². The lowest BCUT2D eigenvalue weighted by Crippen LogP contribution is -2.35. The topological polar surface area (TPSA) is 41.1 Å². The van der Waals surface area contributed by atoms with E-state index in [4.69, 9.17) is 0 Å². The van der Waals surface area contributed by atoms with Gasteiger partial charge in [0.15, 0.2) is 0 Å². The fraction of sp³-hybridized carbons (Fsp3) is 0.929. The Labute approximate surface area is 107 Å². The number of hydrogen-bond donors (Lipinski definition) is 2. The SMILES string of the molecule is CC(C)CCCCNCC(=O)NCCC(C)C. The zero-order chi connectivity index (χ0) is 13.1. The summed E-state index contributed by atoms with van der Waals surface area (Å²) in [6, 6.07) is 0. The van der Waals surface area contributed by atoms with Crippen molar-refractivity contribution in [3.63, 3.8) is 0 Å². The van der Waals surface area contributed by atoms with Crippen LogP contribution in [0.4, 0.5) is 0 Å². The number of carbonyl (C=O) groups is 1. The highest BCUT2D eigenvalue weighted by molar-refractivity contribution is 5.77. The van der Waals surface area contributed by atoms with E-state index in [0.717, 1.165) is 31.8 Å². The van der Waals surface area contributed by atoms with Crippen molar-refractivity contribution in [1.82, 2.24) is 10.6 Å². The summed E-state index contributed by atoms with van der Waals surface area (Å²) in [5.41, 5.74) is 0. The Morgan fingerprint density at radius 1 is 0.941 bits per heavy atom. The molecule has 0 bridgehead atoms. The summed E-state index contributed by atoms with van der Waals surface area (Å²) in [6.45, 7) is 11.0. The van der Waals surface area contributed by atoms with Crippen LogP contribution in [0.2, 0.25) is 0 Å². The van der Waals surface area contributed by atoms with Gasteiger partial charge in [0.2, 0.25) is 5.91 Å². The van der Waals surface area contributed by atoms with Gasteiger partial charge in [-0.05, 0) is 31.2 Å². The van der Waals surface area contributed by atoms with Gasteiger partial charge in [-0.25, -0.2) is 0 Å². The lowest BCUT2D eigenvalue weighted by molar-refractivity contribution is -0.120. The number of rotatable bonds is 10. The van der Waals surface area contributed by atoms with Crippen molar-refractivity contribution < 1.29 is 4.79 Å². The third-order valence-corrected chi connectivity index (χ3v) is 2.71. The Morgan fingerprint density at radius 2 is 1.59 bits per heavy atom. The van der Waals surface area contributed by atoms with E-state index in [1.165, 1.54) is 12.8 Å². The molecule has 0 aromatic carbocycles. The molecule has 0 spiro atoms. The summed E-state index contributed by atoms with van der Waals surface area (Å²) < 4.78 is 0. The van der Waals surface area contributed by atoms with Crippen LogP contribution in [0.15, 0.2) is 0 Å². The maximum atomic E-state index is 11.4. The van der Waals surface area contributed by atoms with Crippen LogP contribution < -0.4 is 10.6 Å². The average molecular weight is 242 g/mol. The van der Waals surface area contributed by atoms with E-state index in [-0.39, 0.29) is 5.91 Å². The van der Waals surface area contributed by atoms with Crippen LogP contribution in [-0.2, 0) is 4.79 Å². The number of nitrogens with one attached hydrogen (secondary N) is 2. The Morgan fingerprint density at radius 3 is 2.18 bits per heavy atom. The second kappa shape index (κ2) is 10.6. The van der Waals surface area contributed by atoms with Gasteiger partial charge in [-0.2, -0.15) is 0 Å². The molecular formula is C14H30N2O. The van der Waals surface area contributed by atoms with E-state index < -0.39 is 0 Å². The third-order valence-electron chi connectivity index (χ3n) is 2.71. The molecule has 0 rings (SSSR count). The first-order chi connectivity index (χ1) is 8.02. The summed E-state index contributed by atoms with van der Waals surface area (Å²) in [5.74, 6) is 1.56. The van der Waals surface area contributed by atoms with E-state index in [9.17, 15) is 4.79 Å². The van der Waals surface area contributed by atoms with Gasteiger partial charge in [0.05, 0.1) is 6.54 Å². The predicted molar refractivity (Wildman–Crippen MR) is 74.0 cm³/mol. The molecule has 0 unspecified atom stereocenters. The lowest BCUT2D eigenvalue weighted by atomic mass is 10.1. The molecule has 0 saturated carbocycles. The normalized spacial score (nSPS) is 11.2. The minimum atomic E-state index is 0.120. The monoisotopic (exact) mass is 242 g/mol. The van der Waals surface area contributed by atoms with E-state index in [2.05, 4.69) is 38.3 Å². The summed E-state index contributed by atoms with van der Waals surface area (Å²) >= 11 is 0. The summed E-state index contributed by atoms with van der Waals surface area (Å²) in [4.78, 5) is 11.4. The van der Waals surface area contributed by atoms with Crippen LogP contribution in [0.5, 0.6) is 0 Å². The molecular weight excluding hydrogens is 212 g/mol. The summed E-state index contributed by atoms with van der Waals surface area (Å²) in [5, 5.41) is 6.11. The van der Waals surface area contributed by atoms with Crippen molar-refractivity contribution in [2.45, 2.75) is 53.4 Å². The third kappa shape index (κ3) is 13.4. The number of unbranched alkanes of at least 4 members (excludes halogenated alkanes) is 1. The molecule has 0 fully saturated rings. The summed E-state index contributed by atoms with van der Waals surface area (Å²) in [6.07, 6.45) is 4.75. The zero-order valence-electron chi connectivity index (χ0n) is 12.0. The Bertz CT molecular complexity index is 191. The van der Waals surface area contributed by atoms with Gasteiger partial charge in [-0.3, -0.25) is 4.79 Å². The predicted octanol–water partition coefficient (Wildman–Crippen LogP) is 2.56. The maximum Gasteiger partial charge on any atom is 0.233 e. The van der Waals surface area contributed by atoms with Crippen LogP contribution in [0.1, 0.15) is 53.4 Å². The molecule has 3 nitrogen and oxygen atoms in total. The summed E-state index contributed by atoms with van der Waals surface area (Å²) in [7, 11) is 0. The molecule has 0 aliphatic rings. The molecule has 0 radical (unpaired) electrons. The van der Waals surface area contributed by atoms with Gasteiger partial charge < -0.3 is 10.6 Å². The van der Waals surface area contributed by atoms with E-state index in [1.807, 2.05) is 0 Å². The first-order valence-corrected chi connectivity index (χ1v) is 6.99. The fourth-order valence-corrected chi connectivity index (χ4v) is 1.57. The van der Waals surface area contributed by atoms with Crippen LogP contribution >= 0.6 is 0 Å². The van der Waals surface area contributed by atoms with E-state index in [1.54, 1.807) is 0 Å². The second-order valence-electron chi connectivity index (χ2n) is 5.60. The molecule has 0 aromatic rings. The standard InChI is InChI=1S/C14H30N2O/c1-12(2)7-5-6-9-15-11-14(17)16-10-8-13(3)4/h12-13,15H,5-11H2,1-4H3,(H,16,17). The largest absolute Gasteiger partial charge is 0.355 e. The zero-order valence-corrected chi connectivity index (χ0v) is 12.0. The van der Waals surface area contributed by atoms with Crippen molar-refractivity contribution in [2.24, 2.45) is 11.8 Å². The van der Waals surface area contributed by atoms with Crippen LogP contribution in [0.25, 0.3) is 0 Å². The average Bonchev–Trinajstić information content (AvgIpc) is 2.22. The van der Waals surface area contributed by atoms with Crippen LogP contribution in [0.3, 0.4) is 0 Å². The van der Waals surface area contributed by atoms with Crippen molar-refractivity contribution in [3.05, 3.63) is 0 Å². The molecule has 0 atom stereocenters. The van der Waals surface area contributed by atoms with Gasteiger partial charge in [0.1, 0.15) is 0 Å². The highest BCUT2D eigenvalue weighted by atomic mass is 16.1. The Kier molecular flexibility index (Phi) is 10.2. The van der Waals surface area contributed by atoms with Gasteiger partial charge in [0, 0.05) is 6.54 Å². The van der Waals surface area contributed by atoms with E-state index in [0.29, 0.717) is 12.5 Å². The first kappa shape index (κ1) is 16.4. The number of carbonyl (C=O) groups excluding carboxylic acids is 1. The Hall–Kier alpha value is -0.570.